The molecular formula is C20H21NO5. The van der Waals surface area contributed by atoms with Crippen LogP contribution in [0, 0.1) is 0 Å². The molecule has 26 heavy (non-hydrogen) atoms. The minimum Gasteiger partial charge on any atom is -0.497 e. The summed E-state index contributed by atoms with van der Waals surface area (Å²) in [5, 5.41) is 12.1. The summed E-state index contributed by atoms with van der Waals surface area (Å²) in [6.45, 7) is 0.601. The van der Waals surface area contributed by atoms with E-state index in [1.54, 1.807) is 25.3 Å². The molecule has 3 rings (SSSR count). The predicted molar refractivity (Wildman–Crippen MR) is 95.5 cm³/mol. The third-order valence-electron chi connectivity index (χ3n) is 4.37. The summed E-state index contributed by atoms with van der Waals surface area (Å²) in [4.78, 5) is 23.9. The van der Waals surface area contributed by atoms with Crippen LogP contribution in [0.4, 0.5) is 0 Å². The van der Waals surface area contributed by atoms with E-state index < -0.39 is 12.0 Å². The molecule has 1 aliphatic rings. The maximum atomic E-state index is 12.3. The van der Waals surface area contributed by atoms with Crippen molar-refractivity contribution in [2.75, 3.05) is 13.7 Å². The van der Waals surface area contributed by atoms with E-state index in [0.29, 0.717) is 18.6 Å². The minimum absolute atomic E-state index is 0.199. The minimum atomic E-state index is -1.08. The number of benzene rings is 2. The molecule has 136 valence electrons. The molecule has 2 aromatic carbocycles. The van der Waals surface area contributed by atoms with E-state index >= 15 is 0 Å². The lowest BCUT2D eigenvalue weighted by molar-refractivity contribution is -0.142. The van der Waals surface area contributed by atoms with E-state index in [1.165, 1.54) is 0 Å². The quantitative estimate of drug-likeness (QED) is 0.797. The molecule has 0 aromatic heterocycles. The second-order valence-electron chi connectivity index (χ2n) is 6.16. The number of carboxylic acid groups (broad SMARTS) is 1. The fourth-order valence-corrected chi connectivity index (χ4v) is 2.99. The molecule has 1 aliphatic heterocycles. The van der Waals surface area contributed by atoms with Crippen LogP contribution in [0.15, 0.2) is 42.5 Å². The third-order valence-corrected chi connectivity index (χ3v) is 4.37. The summed E-state index contributed by atoms with van der Waals surface area (Å²) in [5.74, 6) is 0.115. The summed E-state index contributed by atoms with van der Waals surface area (Å²) in [5.41, 5.74) is 2.48. The summed E-state index contributed by atoms with van der Waals surface area (Å²) in [6.07, 6.45) is 1.46. The molecule has 2 N–H and O–H groups in total. The molecule has 2 aromatic rings. The zero-order chi connectivity index (χ0) is 18.5. The predicted octanol–water partition coefficient (Wildman–Crippen LogP) is 2.50. The van der Waals surface area contributed by atoms with Gasteiger partial charge in [0.2, 0.25) is 5.91 Å². The normalized spacial score (nSPS) is 13.4. The van der Waals surface area contributed by atoms with Gasteiger partial charge in [0.1, 0.15) is 11.5 Å². The molecule has 6 nitrogen and oxygen atoms in total. The number of carbonyl (C=O) groups excluding carboxylic acids is 1. The van der Waals surface area contributed by atoms with Crippen LogP contribution < -0.4 is 14.8 Å². The number of rotatable bonds is 7. The first kappa shape index (κ1) is 17.8. The highest BCUT2D eigenvalue weighted by Gasteiger charge is 2.24. The van der Waals surface area contributed by atoms with Crippen LogP contribution in [-0.2, 0) is 22.4 Å². The van der Waals surface area contributed by atoms with Gasteiger partial charge >= 0.3 is 5.97 Å². The molecular weight excluding hydrogens is 334 g/mol. The number of hydrogen-bond acceptors (Lipinski definition) is 4. The van der Waals surface area contributed by atoms with Crippen molar-refractivity contribution in [3.63, 3.8) is 0 Å². The Morgan fingerprint density at radius 1 is 1.27 bits per heavy atom. The van der Waals surface area contributed by atoms with Crippen LogP contribution in [0.2, 0.25) is 0 Å². The van der Waals surface area contributed by atoms with Crippen LogP contribution in [-0.4, -0.2) is 30.7 Å². The Morgan fingerprint density at radius 3 is 2.88 bits per heavy atom. The van der Waals surface area contributed by atoms with Crippen molar-refractivity contribution >= 4 is 11.9 Å². The van der Waals surface area contributed by atoms with E-state index in [1.807, 2.05) is 24.3 Å². The van der Waals surface area contributed by atoms with E-state index in [4.69, 9.17) is 9.47 Å². The van der Waals surface area contributed by atoms with E-state index in [0.717, 1.165) is 29.0 Å². The first-order chi connectivity index (χ1) is 12.6. The van der Waals surface area contributed by atoms with Gasteiger partial charge in [-0.25, -0.2) is 4.79 Å². The second kappa shape index (κ2) is 7.91. The van der Waals surface area contributed by atoms with Crippen molar-refractivity contribution < 1.29 is 24.2 Å². The molecule has 1 heterocycles. The van der Waals surface area contributed by atoms with Crippen LogP contribution in [0.25, 0.3) is 0 Å². The first-order valence-electron chi connectivity index (χ1n) is 8.47. The Kier molecular flexibility index (Phi) is 5.41. The SMILES string of the molecule is COc1cccc(CCC(=O)NC(C(=O)O)c2ccc3c(c2)CCO3)c1. The molecule has 1 amide bonds. The average molecular weight is 355 g/mol. The maximum Gasteiger partial charge on any atom is 0.330 e. The highest BCUT2D eigenvalue weighted by molar-refractivity contribution is 5.84. The number of nitrogens with one attached hydrogen (secondary N) is 1. The van der Waals surface area contributed by atoms with Crippen molar-refractivity contribution in [1.82, 2.24) is 5.32 Å². The Labute approximate surface area is 151 Å². The number of carboxylic acids is 1. The highest BCUT2D eigenvalue weighted by atomic mass is 16.5. The van der Waals surface area contributed by atoms with Crippen molar-refractivity contribution in [2.24, 2.45) is 0 Å². The molecule has 0 aliphatic carbocycles. The van der Waals surface area contributed by atoms with Gasteiger partial charge in [-0.1, -0.05) is 18.2 Å². The molecule has 1 atom stereocenters. The van der Waals surface area contributed by atoms with Gasteiger partial charge in [0.05, 0.1) is 13.7 Å². The summed E-state index contributed by atoms with van der Waals surface area (Å²) < 4.78 is 10.6. The molecule has 0 spiro atoms. The molecule has 1 unspecified atom stereocenters. The molecule has 0 saturated carbocycles. The average Bonchev–Trinajstić information content (AvgIpc) is 3.12. The number of ether oxygens (including phenoxy) is 2. The number of methoxy groups -OCH3 is 1. The van der Waals surface area contributed by atoms with Gasteiger partial charge in [0.25, 0.3) is 0 Å². The van der Waals surface area contributed by atoms with Gasteiger partial charge in [-0.05, 0) is 47.4 Å². The van der Waals surface area contributed by atoms with E-state index in [-0.39, 0.29) is 12.3 Å². The van der Waals surface area contributed by atoms with E-state index in [2.05, 4.69) is 5.32 Å². The number of carbonyl (C=O) groups is 2. The van der Waals surface area contributed by atoms with Crippen molar-refractivity contribution in [1.29, 1.82) is 0 Å². The van der Waals surface area contributed by atoms with Gasteiger partial charge < -0.3 is 19.9 Å². The number of amides is 1. The molecule has 0 saturated heterocycles. The van der Waals surface area contributed by atoms with Gasteiger partial charge in [0.15, 0.2) is 6.04 Å². The van der Waals surface area contributed by atoms with Crippen LogP contribution >= 0.6 is 0 Å². The zero-order valence-electron chi connectivity index (χ0n) is 14.5. The van der Waals surface area contributed by atoms with Gasteiger partial charge in [-0.3, -0.25) is 4.79 Å². The lowest BCUT2D eigenvalue weighted by Crippen LogP contribution is -2.33. The lowest BCUT2D eigenvalue weighted by atomic mass is 10.0. The number of fused-ring (bicyclic) bond motifs is 1. The second-order valence-corrected chi connectivity index (χ2v) is 6.16. The Morgan fingerprint density at radius 2 is 2.12 bits per heavy atom. The maximum absolute atomic E-state index is 12.3. The molecule has 0 radical (unpaired) electrons. The zero-order valence-corrected chi connectivity index (χ0v) is 14.5. The van der Waals surface area contributed by atoms with Gasteiger partial charge in [-0.15, -0.1) is 0 Å². The largest absolute Gasteiger partial charge is 0.497 e. The molecule has 0 bridgehead atoms. The Balaban J connectivity index is 1.64. The van der Waals surface area contributed by atoms with Gasteiger partial charge in [0, 0.05) is 12.8 Å². The number of hydrogen-bond donors (Lipinski definition) is 2. The van der Waals surface area contributed by atoms with Crippen molar-refractivity contribution in [2.45, 2.75) is 25.3 Å². The smallest absolute Gasteiger partial charge is 0.330 e. The summed E-state index contributed by atoms with van der Waals surface area (Å²) in [6, 6.07) is 11.6. The first-order valence-corrected chi connectivity index (χ1v) is 8.47. The molecule has 6 heteroatoms. The standard InChI is InChI=1S/C20H21NO5/c1-25-16-4-2-3-13(11-16)5-8-18(22)21-19(20(23)24)15-6-7-17-14(12-15)9-10-26-17/h2-4,6-7,11-12,19H,5,8-10H2,1H3,(H,21,22)(H,23,24). The van der Waals surface area contributed by atoms with Crippen LogP contribution in [0.5, 0.6) is 11.5 Å². The van der Waals surface area contributed by atoms with Crippen LogP contribution in [0.3, 0.4) is 0 Å². The number of aryl methyl sites for hydroxylation is 1. The van der Waals surface area contributed by atoms with Crippen molar-refractivity contribution in [3.8, 4) is 11.5 Å². The number of aliphatic carboxylic acids is 1. The monoisotopic (exact) mass is 355 g/mol. The Bertz CT molecular complexity index is 818. The summed E-state index contributed by atoms with van der Waals surface area (Å²) >= 11 is 0. The van der Waals surface area contributed by atoms with Crippen molar-refractivity contribution in [3.05, 3.63) is 59.2 Å². The topological polar surface area (TPSA) is 84.9 Å². The summed E-state index contributed by atoms with van der Waals surface area (Å²) in [7, 11) is 1.59. The Hall–Kier alpha value is -3.02. The molecule has 0 fully saturated rings. The van der Waals surface area contributed by atoms with Gasteiger partial charge in [-0.2, -0.15) is 0 Å². The van der Waals surface area contributed by atoms with Crippen LogP contribution in [0.1, 0.15) is 29.2 Å². The highest BCUT2D eigenvalue weighted by Crippen LogP contribution is 2.28. The lowest BCUT2D eigenvalue weighted by Gasteiger charge is -2.16. The fraction of sp³-hybridized carbons (Fsp3) is 0.300. The van der Waals surface area contributed by atoms with E-state index in [9.17, 15) is 14.7 Å². The third kappa shape index (κ3) is 4.14. The fourth-order valence-electron chi connectivity index (χ4n) is 2.99.